The summed E-state index contributed by atoms with van der Waals surface area (Å²) in [6.45, 7) is 5.43. The predicted molar refractivity (Wildman–Crippen MR) is 154 cm³/mol. The monoisotopic (exact) mass is 548 g/mol. The molecule has 0 fully saturated rings. The summed E-state index contributed by atoms with van der Waals surface area (Å²) >= 11 is 0. The second-order valence-corrected chi connectivity index (χ2v) is 9.45. The summed E-state index contributed by atoms with van der Waals surface area (Å²) in [5, 5.41) is 2.59. The second kappa shape index (κ2) is 16.0. The molecule has 0 aliphatic heterocycles. The lowest BCUT2D eigenvalue weighted by Gasteiger charge is -2.28. The van der Waals surface area contributed by atoms with Crippen LogP contribution in [0.2, 0.25) is 0 Å². The Bertz CT molecular complexity index is 1230. The third kappa shape index (κ3) is 9.48. The molecular formula is C31H40N4O5. The smallest absolute Gasteiger partial charge is 0.325 e. The van der Waals surface area contributed by atoms with E-state index in [4.69, 9.17) is 9.47 Å². The van der Waals surface area contributed by atoms with Gasteiger partial charge < -0.3 is 29.2 Å². The Kier molecular flexibility index (Phi) is 12.1. The first-order chi connectivity index (χ1) is 19.4. The molecule has 0 spiro atoms. The molecule has 3 rings (SSSR count). The summed E-state index contributed by atoms with van der Waals surface area (Å²) in [7, 11) is 1.65. The molecule has 0 bridgehead atoms. The number of benzene rings is 2. The van der Waals surface area contributed by atoms with Gasteiger partial charge in [-0.3, -0.25) is 9.59 Å². The fourth-order valence-corrected chi connectivity index (χ4v) is 4.28. The van der Waals surface area contributed by atoms with Crippen molar-refractivity contribution in [3.8, 4) is 5.75 Å². The van der Waals surface area contributed by atoms with Gasteiger partial charge in [0.15, 0.2) is 0 Å². The van der Waals surface area contributed by atoms with Crippen LogP contribution >= 0.6 is 0 Å². The first kappa shape index (κ1) is 30.3. The number of aromatic nitrogens is 1. The van der Waals surface area contributed by atoms with Crippen molar-refractivity contribution < 1.29 is 23.9 Å². The molecule has 0 aliphatic carbocycles. The van der Waals surface area contributed by atoms with Crippen LogP contribution in [0.25, 0.3) is 0 Å². The number of hydrogen-bond donors (Lipinski definition) is 1. The summed E-state index contributed by atoms with van der Waals surface area (Å²) in [5.41, 5.74) is 3.05. The lowest BCUT2D eigenvalue weighted by molar-refractivity contribution is -0.141. The number of ether oxygens (including phenoxy) is 2. The highest BCUT2D eigenvalue weighted by molar-refractivity contribution is 5.86. The van der Waals surface area contributed by atoms with Crippen molar-refractivity contribution in [1.29, 1.82) is 0 Å². The van der Waals surface area contributed by atoms with E-state index in [1.165, 1.54) is 4.90 Å². The van der Waals surface area contributed by atoms with Gasteiger partial charge in [0.25, 0.3) is 0 Å². The first-order valence-corrected chi connectivity index (χ1v) is 13.7. The molecular weight excluding hydrogens is 508 g/mol. The van der Waals surface area contributed by atoms with Crippen LogP contribution in [0.3, 0.4) is 0 Å². The van der Waals surface area contributed by atoms with E-state index in [2.05, 4.69) is 9.88 Å². The van der Waals surface area contributed by atoms with Gasteiger partial charge >= 0.3 is 12.0 Å². The number of esters is 1. The average Bonchev–Trinajstić information content (AvgIpc) is 3.40. The van der Waals surface area contributed by atoms with Crippen molar-refractivity contribution in [1.82, 2.24) is 19.7 Å². The minimum atomic E-state index is -0.514. The Morgan fingerprint density at radius 2 is 1.68 bits per heavy atom. The van der Waals surface area contributed by atoms with Gasteiger partial charge in [-0.05, 0) is 48.7 Å². The Labute approximate surface area is 236 Å². The number of urea groups is 1. The maximum atomic E-state index is 13.7. The van der Waals surface area contributed by atoms with Crippen molar-refractivity contribution in [2.45, 2.75) is 46.3 Å². The summed E-state index contributed by atoms with van der Waals surface area (Å²) in [6, 6.07) is 21.2. The highest BCUT2D eigenvalue weighted by atomic mass is 16.5. The lowest BCUT2D eigenvalue weighted by Crippen LogP contribution is -2.48. The largest absolute Gasteiger partial charge is 0.497 e. The molecule has 1 N–H and O–H groups in total. The van der Waals surface area contributed by atoms with E-state index in [-0.39, 0.29) is 25.6 Å². The zero-order valence-corrected chi connectivity index (χ0v) is 23.7. The van der Waals surface area contributed by atoms with E-state index in [1.54, 1.807) is 18.9 Å². The molecule has 214 valence electrons. The number of nitrogens with one attached hydrogen (secondary N) is 1. The van der Waals surface area contributed by atoms with Crippen LogP contribution in [0.15, 0.2) is 72.9 Å². The number of hydrogen-bond acceptors (Lipinski definition) is 5. The zero-order valence-electron chi connectivity index (χ0n) is 23.7. The third-order valence-electron chi connectivity index (χ3n) is 6.42. The molecule has 0 atom stereocenters. The molecule has 0 saturated carbocycles. The van der Waals surface area contributed by atoms with Crippen molar-refractivity contribution >= 4 is 17.9 Å². The van der Waals surface area contributed by atoms with Gasteiger partial charge in [-0.15, -0.1) is 0 Å². The van der Waals surface area contributed by atoms with Gasteiger partial charge in [0.1, 0.15) is 18.8 Å². The van der Waals surface area contributed by atoms with Gasteiger partial charge in [0, 0.05) is 31.5 Å². The fourth-order valence-electron chi connectivity index (χ4n) is 4.28. The van der Waals surface area contributed by atoms with E-state index in [0.717, 1.165) is 35.4 Å². The van der Waals surface area contributed by atoms with Crippen molar-refractivity contribution in [2.24, 2.45) is 0 Å². The Balaban J connectivity index is 1.78. The van der Waals surface area contributed by atoms with Gasteiger partial charge in [-0.1, -0.05) is 55.8 Å². The molecule has 0 radical (unpaired) electrons. The molecule has 3 aromatic rings. The van der Waals surface area contributed by atoms with Crippen LogP contribution in [0.5, 0.6) is 5.75 Å². The zero-order chi connectivity index (χ0) is 28.7. The Morgan fingerprint density at radius 3 is 2.40 bits per heavy atom. The maximum Gasteiger partial charge on any atom is 0.325 e. The highest BCUT2D eigenvalue weighted by Gasteiger charge is 2.23. The molecule has 0 unspecified atom stereocenters. The van der Waals surface area contributed by atoms with E-state index in [0.29, 0.717) is 26.2 Å². The van der Waals surface area contributed by atoms with Gasteiger partial charge in [-0.25, -0.2) is 4.79 Å². The summed E-state index contributed by atoms with van der Waals surface area (Å²) < 4.78 is 12.4. The molecule has 2 aromatic carbocycles. The minimum Gasteiger partial charge on any atom is -0.497 e. The molecule has 0 saturated heterocycles. The van der Waals surface area contributed by atoms with E-state index >= 15 is 0 Å². The van der Waals surface area contributed by atoms with Crippen LogP contribution in [0.1, 0.15) is 43.5 Å². The summed E-state index contributed by atoms with van der Waals surface area (Å²) in [4.78, 5) is 41.6. The fraction of sp³-hybridized carbons (Fsp3) is 0.387. The number of amides is 3. The highest BCUT2D eigenvalue weighted by Crippen LogP contribution is 2.17. The van der Waals surface area contributed by atoms with Gasteiger partial charge in [-0.2, -0.15) is 0 Å². The number of unbranched alkanes of at least 4 members (excludes halogenated alkanes) is 1. The lowest BCUT2D eigenvalue weighted by atomic mass is 10.2. The SMILES string of the molecule is CCCCN(CC(=O)N(Cc1ccccc1)Cc1cccn1Cc1cccc(OC)c1)C(=O)NCC(=O)OCC. The number of methoxy groups -OCH3 is 1. The van der Waals surface area contributed by atoms with Crippen molar-refractivity contribution in [2.75, 3.05) is 33.4 Å². The van der Waals surface area contributed by atoms with Crippen LogP contribution in [-0.4, -0.2) is 65.6 Å². The second-order valence-electron chi connectivity index (χ2n) is 9.45. The van der Waals surface area contributed by atoms with Crippen LogP contribution in [-0.2, 0) is 34.0 Å². The Hall–Kier alpha value is -4.27. The van der Waals surface area contributed by atoms with E-state index in [1.807, 2.05) is 79.9 Å². The molecule has 9 nitrogen and oxygen atoms in total. The number of carbonyl (C=O) groups is 3. The molecule has 3 amide bonds. The number of carbonyl (C=O) groups excluding carboxylic acids is 3. The average molecular weight is 549 g/mol. The van der Waals surface area contributed by atoms with Gasteiger partial charge in [0.05, 0.1) is 20.3 Å². The van der Waals surface area contributed by atoms with Crippen LogP contribution in [0, 0.1) is 0 Å². The quantitative estimate of drug-likeness (QED) is 0.283. The van der Waals surface area contributed by atoms with Crippen LogP contribution < -0.4 is 10.1 Å². The van der Waals surface area contributed by atoms with Crippen molar-refractivity contribution in [3.63, 3.8) is 0 Å². The predicted octanol–water partition coefficient (Wildman–Crippen LogP) is 4.45. The number of rotatable bonds is 15. The molecule has 1 aromatic heterocycles. The van der Waals surface area contributed by atoms with Crippen LogP contribution in [0.4, 0.5) is 4.79 Å². The molecule has 40 heavy (non-hydrogen) atoms. The standard InChI is InChI=1S/C31H40N4O5/c1-4-6-17-34(31(38)32-20-30(37)40-5-2)24-29(36)35(21-25-12-8-7-9-13-25)23-27-15-11-18-33(27)22-26-14-10-16-28(19-26)39-3/h7-16,18-19H,4-6,17,20-24H2,1-3H3,(H,32,38). The van der Waals surface area contributed by atoms with E-state index < -0.39 is 12.0 Å². The van der Waals surface area contributed by atoms with Gasteiger partial charge in [0.2, 0.25) is 5.91 Å². The molecule has 0 aliphatic rings. The topological polar surface area (TPSA) is 93.1 Å². The first-order valence-electron chi connectivity index (χ1n) is 13.7. The van der Waals surface area contributed by atoms with E-state index in [9.17, 15) is 14.4 Å². The Morgan fingerprint density at radius 1 is 0.900 bits per heavy atom. The minimum absolute atomic E-state index is 0.0991. The number of nitrogens with zero attached hydrogens (tertiary/aromatic N) is 3. The molecule has 9 heteroatoms. The third-order valence-corrected chi connectivity index (χ3v) is 6.42. The maximum absolute atomic E-state index is 13.7. The normalized spacial score (nSPS) is 10.6. The summed E-state index contributed by atoms with van der Waals surface area (Å²) in [5.74, 6) is 0.0981. The molecule has 1 heterocycles. The summed E-state index contributed by atoms with van der Waals surface area (Å²) in [6.07, 6.45) is 3.60. The van der Waals surface area contributed by atoms with Crippen molar-refractivity contribution in [3.05, 3.63) is 89.7 Å².